The lowest BCUT2D eigenvalue weighted by molar-refractivity contribution is -0.0216. The van der Waals surface area contributed by atoms with Gasteiger partial charge in [0.05, 0.1) is 17.3 Å². The van der Waals surface area contributed by atoms with Crippen molar-refractivity contribution < 1.29 is 22.4 Å². The number of fused-ring (bicyclic) bond motifs is 1. The Balaban J connectivity index is 1.71. The van der Waals surface area contributed by atoms with Crippen LogP contribution in [0.3, 0.4) is 0 Å². The van der Waals surface area contributed by atoms with Gasteiger partial charge in [-0.1, -0.05) is 17.7 Å². The highest BCUT2D eigenvalue weighted by Gasteiger charge is 2.46. The molecule has 148 valence electrons. The molecule has 0 saturated carbocycles. The molecule has 3 heterocycles. The van der Waals surface area contributed by atoms with E-state index in [1.165, 1.54) is 29.4 Å². The number of aromatic nitrogens is 4. The standard InChI is InChI=1S/C17H19N5O5S/c1-9-3-5-11(6-4-9)28(24,25)27-14-13(23)10(2)26-17(14)22-8-21-12-15(18)19-7-20-16(12)22/h3-8,10,13-14,17,23H,1-2H3,(H2,18,19,20). The molecule has 28 heavy (non-hydrogen) atoms. The fourth-order valence-electron chi connectivity index (χ4n) is 3.10. The van der Waals surface area contributed by atoms with Crippen molar-refractivity contribution in [3.05, 3.63) is 42.5 Å². The molecular formula is C17H19N5O5S. The molecule has 0 bridgehead atoms. The predicted molar refractivity (Wildman–Crippen MR) is 98.6 cm³/mol. The highest BCUT2D eigenvalue weighted by Crippen LogP contribution is 2.35. The van der Waals surface area contributed by atoms with Crippen LogP contribution in [0.1, 0.15) is 18.7 Å². The van der Waals surface area contributed by atoms with Crippen LogP contribution < -0.4 is 5.73 Å². The molecule has 2 aromatic heterocycles. The van der Waals surface area contributed by atoms with E-state index in [2.05, 4.69) is 15.0 Å². The van der Waals surface area contributed by atoms with Crippen molar-refractivity contribution in [2.24, 2.45) is 0 Å². The molecule has 1 aliphatic rings. The number of imidazole rings is 1. The van der Waals surface area contributed by atoms with E-state index >= 15 is 0 Å². The van der Waals surface area contributed by atoms with Gasteiger partial charge < -0.3 is 15.6 Å². The Bertz CT molecular complexity index is 1110. The van der Waals surface area contributed by atoms with Crippen LogP contribution >= 0.6 is 0 Å². The Morgan fingerprint density at radius 3 is 2.64 bits per heavy atom. The summed E-state index contributed by atoms with van der Waals surface area (Å²) in [4.78, 5) is 12.2. The molecule has 1 fully saturated rings. The second kappa shape index (κ2) is 6.78. The summed E-state index contributed by atoms with van der Waals surface area (Å²) in [5.74, 6) is 0.181. The topological polar surface area (TPSA) is 142 Å². The Morgan fingerprint density at radius 1 is 1.21 bits per heavy atom. The number of hydrogen-bond acceptors (Lipinski definition) is 9. The number of nitrogens with two attached hydrogens (primary N) is 1. The molecule has 3 N–H and O–H groups in total. The minimum absolute atomic E-state index is 0.00865. The summed E-state index contributed by atoms with van der Waals surface area (Å²) in [6.07, 6.45) is -1.34. The van der Waals surface area contributed by atoms with Gasteiger partial charge in [-0.3, -0.25) is 8.75 Å². The Kier molecular flexibility index (Phi) is 4.54. The first-order chi connectivity index (χ1) is 13.3. The molecular weight excluding hydrogens is 386 g/mol. The zero-order valence-electron chi connectivity index (χ0n) is 15.1. The van der Waals surface area contributed by atoms with Gasteiger partial charge >= 0.3 is 0 Å². The van der Waals surface area contributed by atoms with Crippen molar-refractivity contribution >= 4 is 27.1 Å². The minimum atomic E-state index is -4.13. The molecule has 4 unspecified atom stereocenters. The number of aryl methyl sites for hydroxylation is 1. The van der Waals surface area contributed by atoms with Gasteiger partial charge in [0.1, 0.15) is 17.9 Å². The van der Waals surface area contributed by atoms with Crippen molar-refractivity contribution in [2.45, 2.75) is 43.3 Å². The SMILES string of the molecule is Cc1ccc(S(=O)(=O)OC2C(O)C(C)OC2n2cnc3c(N)ncnc32)cc1. The number of hydrogen-bond donors (Lipinski definition) is 2. The van der Waals surface area contributed by atoms with Crippen LogP contribution in [-0.4, -0.2) is 51.4 Å². The van der Waals surface area contributed by atoms with E-state index in [1.54, 1.807) is 19.1 Å². The average molecular weight is 405 g/mol. The van der Waals surface area contributed by atoms with Crippen molar-refractivity contribution in [3.63, 3.8) is 0 Å². The molecule has 1 aromatic carbocycles. The summed E-state index contributed by atoms with van der Waals surface area (Å²) < 4.78 is 38.1. The lowest BCUT2D eigenvalue weighted by Crippen LogP contribution is -2.35. The first-order valence-corrected chi connectivity index (χ1v) is 9.95. The third-order valence-corrected chi connectivity index (χ3v) is 5.99. The average Bonchev–Trinajstić information content (AvgIpc) is 3.19. The van der Waals surface area contributed by atoms with Crippen LogP contribution in [0.15, 0.2) is 41.8 Å². The maximum absolute atomic E-state index is 12.7. The smallest absolute Gasteiger partial charge is 0.297 e. The van der Waals surface area contributed by atoms with Gasteiger partial charge in [-0.15, -0.1) is 0 Å². The zero-order valence-corrected chi connectivity index (χ0v) is 15.9. The van der Waals surface area contributed by atoms with Gasteiger partial charge in [0.25, 0.3) is 10.1 Å². The molecule has 1 aliphatic heterocycles. The summed E-state index contributed by atoms with van der Waals surface area (Å²) in [5, 5.41) is 10.5. The number of aliphatic hydroxyl groups excluding tert-OH is 1. The third-order valence-electron chi connectivity index (χ3n) is 4.66. The van der Waals surface area contributed by atoms with Crippen LogP contribution in [0, 0.1) is 6.92 Å². The molecule has 0 amide bonds. The maximum atomic E-state index is 12.7. The normalized spacial score (nSPS) is 25.4. The maximum Gasteiger partial charge on any atom is 0.297 e. The summed E-state index contributed by atoms with van der Waals surface area (Å²) >= 11 is 0. The zero-order chi connectivity index (χ0) is 20.1. The second-order valence-corrected chi connectivity index (χ2v) is 8.21. The summed E-state index contributed by atoms with van der Waals surface area (Å²) in [6, 6.07) is 6.24. The fraction of sp³-hybridized carbons (Fsp3) is 0.353. The number of ether oxygens (including phenoxy) is 1. The van der Waals surface area contributed by atoms with Crippen molar-refractivity contribution in [1.82, 2.24) is 19.5 Å². The Labute approximate surface area is 161 Å². The van der Waals surface area contributed by atoms with E-state index in [-0.39, 0.29) is 10.7 Å². The lowest BCUT2D eigenvalue weighted by atomic mass is 10.1. The van der Waals surface area contributed by atoms with Gasteiger partial charge in [0.2, 0.25) is 0 Å². The molecule has 11 heteroatoms. The van der Waals surface area contributed by atoms with Gasteiger partial charge in [0.15, 0.2) is 23.8 Å². The van der Waals surface area contributed by atoms with Gasteiger partial charge in [-0.05, 0) is 26.0 Å². The van der Waals surface area contributed by atoms with Crippen LogP contribution in [0.4, 0.5) is 5.82 Å². The van der Waals surface area contributed by atoms with Crippen molar-refractivity contribution in [3.8, 4) is 0 Å². The van der Waals surface area contributed by atoms with Crippen LogP contribution in [0.2, 0.25) is 0 Å². The lowest BCUT2D eigenvalue weighted by Gasteiger charge is -2.21. The van der Waals surface area contributed by atoms with Crippen LogP contribution in [0.5, 0.6) is 0 Å². The highest BCUT2D eigenvalue weighted by molar-refractivity contribution is 7.86. The summed E-state index contributed by atoms with van der Waals surface area (Å²) in [6.45, 7) is 3.48. The first kappa shape index (κ1) is 18.7. The quantitative estimate of drug-likeness (QED) is 0.602. The minimum Gasteiger partial charge on any atom is -0.387 e. The van der Waals surface area contributed by atoms with Crippen LogP contribution in [-0.2, 0) is 19.0 Å². The van der Waals surface area contributed by atoms with Crippen LogP contribution in [0.25, 0.3) is 11.2 Å². The van der Waals surface area contributed by atoms with Gasteiger partial charge in [-0.25, -0.2) is 15.0 Å². The Hall–Kier alpha value is -2.60. The second-order valence-electron chi connectivity index (χ2n) is 6.63. The number of nitrogen functional groups attached to an aromatic ring is 1. The Morgan fingerprint density at radius 2 is 1.93 bits per heavy atom. The molecule has 0 spiro atoms. The summed E-state index contributed by atoms with van der Waals surface area (Å²) in [7, 11) is -4.13. The summed E-state index contributed by atoms with van der Waals surface area (Å²) in [5.41, 5.74) is 7.41. The number of aliphatic hydroxyl groups is 1. The van der Waals surface area contributed by atoms with Crippen molar-refractivity contribution in [1.29, 1.82) is 0 Å². The van der Waals surface area contributed by atoms with Gasteiger partial charge in [0, 0.05) is 0 Å². The predicted octanol–water partition coefficient (Wildman–Crippen LogP) is 0.769. The van der Waals surface area contributed by atoms with E-state index in [1.807, 2.05) is 6.92 Å². The number of benzene rings is 1. The van der Waals surface area contributed by atoms with E-state index in [0.29, 0.717) is 11.2 Å². The largest absolute Gasteiger partial charge is 0.387 e. The molecule has 4 atom stereocenters. The monoisotopic (exact) mass is 405 g/mol. The first-order valence-electron chi connectivity index (χ1n) is 8.54. The van der Waals surface area contributed by atoms with E-state index < -0.39 is 34.7 Å². The molecule has 3 aromatic rings. The molecule has 10 nitrogen and oxygen atoms in total. The molecule has 4 rings (SSSR count). The van der Waals surface area contributed by atoms with E-state index in [4.69, 9.17) is 14.7 Å². The van der Waals surface area contributed by atoms with E-state index in [0.717, 1.165) is 5.56 Å². The van der Waals surface area contributed by atoms with Crippen molar-refractivity contribution in [2.75, 3.05) is 5.73 Å². The van der Waals surface area contributed by atoms with E-state index in [9.17, 15) is 13.5 Å². The number of anilines is 1. The molecule has 0 radical (unpaired) electrons. The number of rotatable bonds is 4. The fourth-order valence-corrected chi connectivity index (χ4v) is 4.19. The molecule has 0 aliphatic carbocycles. The highest BCUT2D eigenvalue weighted by atomic mass is 32.2. The number of nitrogens with zero attached hydrogens (tertiary/aromatic N) is 4. The molecule has 1 saturated heterocycles. The third kappa shape index (κ3) is 3.11. The van der Waals surface area contributed by atoms with Gasteiger partial charge in [-0.2, -0.15) is 8.42 Å².